The monoisotopic (exact) mass is 420 g/mol. The third-order valence-corrected chi connectivity index (χ3v) is 5.73. The van der Waals surface area contributed by atoms with Gasteiger partial charge in [-0.25, -0.2) is 9.78 Å². The number of anilines is 2. The first-order valence-electron chi connectivity index (χ1n) is 11.2. The van der Waals surface area contributed by atoms with E-state index in [9.17, 15) is 4.79 Å². The first kappa shape index (κ1) is 21.3. The van der Waals surface area contributed by atoms with Crippen LogP contribution in [-0.4, -0.2) is 61.7 Å². The van der Waals surface area contributed by atoms with Crippen LogP contribution < -0.4 is 20.9 Å². The van der Waals surface area contributed by atoms with E-state index in [0.29, 0.717) is 6.54 Å². The van der Waals surface area contributed by atoms with Gasteiger partial charge in [-0.2, -0.15) is 0 Å². The highest BCUT2D eigenvalue weighted by atomic mass is 16.2. The van der Waals surface area contributed by atoms with E-state index >= 15 is 0 Å². The number of aromatic nitrogens is 1. The van der Waals surface area contributed by atoms with Gasteiger partial charge in [-0.1, -0.05) is 24.3 Å². The van der Waals surface area contributed by atoms with Gasteiger partial charge in [0.25, 0.3) is 0 Å². The molecule has 4 rings (SSSR count). The van der Waals surface area contributed by atoms with Crippen molar-refractivity contribution in [2.24, 2.45) is 0 Å². The summed E-state index contributed by atoms with van der Waals surface area (Å²) in [4.78, 5) is 21.5. The summed E-state index contributed by atoms with van der Waals surface area (Å²) in [6.07, 6.45) is 3.30. The minimum Gasteiger partial charge on any atom is -0.354 e. The third kappa shape index (κ3) is 5.83. The number of carbonyl (C=O) groups excluding carboxylic acids is 1. The van der Waals surface area contributed by atoms with Crippen LogP contribution in [0.1, 0.15) is 24.6 Å². The van der Waals surface area contributed by atoms with E-state index in [1.165, 1.54) is 11.1 Å². The maximum atomic E-state index is 11.8. The molecule has 2 aromatic rings. The molecule has 1 saturated heterocycles. The van der Waals surface area contributed by atoms with Gasteiger partial charge >= 0.3 is 6.03 Å². The van der Waals surface area contributed by atoms with Gasteiger partial charge in [-0.3, -0.25) is 4.90 Å². The Kier molecular flexibility index (Phi) is 7.17. The average Bonchev–Trinajstić information content (AvgIpc) is 2.81. The fourth-order valence-corrected chi connectivity index (χ4v) is 4.10. The second-order valence-corrected chi connectivity index (χ2v) is 8.02. The zero-order chi connectivity index (χ0) is 21.5. The maximum absolute atomic E-state index is 11.8. The largest absolute Gasteiger partial charge is 0.354 e. The summed E-state index contributed by atoms with van der Waals surface area (Å²) in [6.45, 7) is 9.35. The minimum absolute atomic E-state index is 0.166. The van der Waals surface area contributed by atoms with Gasteiger partial charge in [0.05, 0.1) is 5.69 Å². The molecule has 1 aromatic carbocycles. The van der Waals surface area contributed by atoms with Crippen LogP contribution >= 0.6 is 0 Å². The van der Waals surface area contributed by atoms with E-state index in [-0.39, 0.29) is 6.03 Å². The van der Waals surface area contributed by atoms with Crippen LogP contribution in [0.5, 0.6) is 0 Å². The Morgan fingerprint density at radius 3 is 2.74 bits per heavy atom. The van der Waals surface area contributed by atoms with E-state index in [2.05, 4.69) is 56.1 Å². The Hall–Kier alpha value is -2.90. The van der Waals surface area contributed by atoms with Crippen molar-refractivity contribution in [1.29, 1.82) is 0 Å². The van der Waals surface area contributed by atoms with Gasteiger partial charge in [0.1, 0.15) is 5.82 Å². The van der Waals surface area contributed by atoms with Crippen LogP contribution in [0.4, 0.5) is 16.3 Å². The van der Waals surface area contributed by atoms with Crippen molar-refractivity contribution in [3.63, 3.8) is 0 Å². The third-order valence-electron chi connectivity index (χ3n) is 5.73. The molecule has 2 amide bonds. The lowest BCUT2D eigenvalue weighted by atomic mass is 10.0. The van der Waals surface area contributed by atoms with Gasteiger partial charge in [0.2, 0.25) is 0 Å². The number of hydrogen-bond acceptors (Lipinski definition) is 5. The molecular formula is C24H32N6O. The summed E-state index contributed by atoms with van der Waals surface area (Å²) in [7, 11) is 0. The SMILES string of the molecule is CCNC(=O)Nc1cccc(CN2CC=C(c3cccc(N4CCNCC4)n3)CC2)c1. The molecule has 0 spiro atoms. The average molecular weight is 421 g/mol. The second kappa shape index (κ2) is 10.4. The van der Waals surface area contributed by atoms with Crippen LogP contribution in [0, 0.1) is 0 Å². The number of nitrogens with one attached hydrogen (secondary N) is 3. The number of pyridine rings is 1. The zero-order valence-electron chi connectivity index (χ0n) is 18.2. The summed E-state index contributed by atoms with van der Waals surface area (Å²) in [5.74, 6) is 1.08. The lowest BCUT2D eigenvalue weighted by Crippen LogP contribution is -2.43. The molecule has 2 aliphatic heterocycles. The fraction of sp³-hybridized carbons (Fsp3) is 0.417. The van der Waals surface area contributed by atoms with Gasteiger partial charge < -0.3 is 20.9 Å². The molecule has 164 valence electrons. The number of nitrogens with zero attached hydrogens (tertiary/aromatic N) is 3. The highest BCUT2D eigenvalue weighted by molar-refractivity contribution is 5.89. The standard InChI is InChI=1S/C24H32N6O/c1-2-26-24(31)27-21-6-3-5-19(17-21)18-29-13-9-20(10-14-29)22-7-4-8-23(28-22)30-15-11-25-12-16-30/h3-9,17,25H,2,10-16,18H2,1H3,(H2,26,27,31). The van der Waals surface area contributed by atoms with E-state index in [0.717, 1.165) is 69.4 Å². The van der Waals surface area contributed by atoms with Crippen LogP contribution in [0.15, 0.2) is 48.5 Å². The quantitative estimate of drug-likeness (QED) is 0.670. The van der Waals surface area contributed by atoms with Crippen molar-refractivity contribution in [2.75, 3.05) is 56.0 Å². The Morgan fingerprint density at radius 1 is 1.13 bits per heavy atom. The van der Waals surface area contributed by atoms with E-state index < -0.39 is 0 Å². The number of carbonyl (C=O) groups is 1. The zero-order valence-corrected chi connectivity index (χ0v) is 18.2. The van der Waals surface area contributed by atoms with Gasteiger partial charge in [0, 0.05) is 58.0 Å². The number of piperazine rings is 1. The Balaban J connectivity index is 1.36. The predicted molar refractivity (Wildman–Crippen MR) is 126 cm³/mol. The predicted octanol–water partition coefficient (Wildman–Crippen LogP) is 2.92. The molecular weight excluding hydrogens is 388 g/mol. The number of rotatable bonds is 6. The van der Waals surface area contributed by atoms with E-state index in [1.54, 1.807) is 0 Å². The topological polar surface area (TPSA) is 72.5 Å². The molecule has 0 unspecified atom stereocenters. The molecule has 0 aliphatic carbocycles. The molecule has 31 heavy (non-hydrogen) atoms. The van der Waals surface area contributed by atoms with Gasteiger partial charge in [-0.15, -0.1) is 0 Å². The lowest BCUT2D eigenvalue weighted by Gasteiger charge is -2.29. The van der Waals surface area contributed by atoms with Crippen molar-refractivity contribution >= 4 is 23.1 Å². The molecule has 0 saturated carbocycles. The molecule has 7 nitrogen and oxygen atoms in total. The first-order valence-corrected chi connectivity index (χ1v) is 11.2. The van der Waals surface area contributed by atoms with Crippen molar-refractivity contribution < 1.29 is 4.79 Å². The smallest absolute Gasteiger partial charge is 0.319 e. The molecule has 7 heteroatoms. The second-order valence-electron chi connectivity index (χ2n) is 8.02. The Morgan fingerprint density at radius 2 is 1.97 bits per heavy atom. The number of hydrogen-bond donors (Lipinski definition) is 3. The summed E-state index contributed by atoms with van der Waals surface area (Å²) in [6, 6.07) is 14.3. The molecule has 1 fully saturated rings. The number of benzene rings is 1. The summed E-state index contributed by atoms with van der Waals surface area (Å²) >= 11 is 0. The Bertz CT molecular complexity index is 922. The Labute approximate surface area is 184 Å². The van der Waals surface area contributed by atoms with E-state index in [1.807, 2.05) is 25.1 Å². The lowest BCUT2D eigenvalue weighted by molar-refractivity contribution is 0.252. The van der Waals surface area contributed by atoms with Crippen LogP contribution in [0.3, 0.4) is 0 Å². The highest BCUT2D eigenvalue weighted by Gasteiger charge is 2.17. The molecule has 2 aliphatic rings. The summed E-state index contributed by atoms with van der Waals surface area (Å²) < 4.78 is 0. The van der Waals surface area contributed by atoms with Crippen molar-refractivity contribution in [2.45, 2.75) is 19.9 Å². The molecule has 0 radical (unpaired) electrons. The number of urea groups is 1. The van der Waals surface area contributed by atoms with Crippen LogP contribution in [0.2, 0.25) is 0 Å². The maximum Gasteiger partial charge on any atom is 0.319 e. The van der Waals surface area contributed by atoms with E-state index in [4.69, 9.17) is 4.98 Å². The molecule has 0 bridgehead atoms. The molecule has 0 atom stereocenters. The highest BCUT2D eigenvalue weighted by Crippen LogP contribution is 2.24. The van der Waals surface area contributed by atoms with Gasteiger partial charge in [0.15, 0.2) is 0 Å². The van der Waals surface area contributed by atoms with Crippen molar-refractivity contribution in [3.05, 3.63) is 59.8 Å². The van der Waals surface area contributed by atoms with Crippen LogP contribution in [0.25, 0.3) is 5.57 Å². The molecule has 3 N–H and O–H groups in total. The minimum atomic E-state index is -0.166. The number of amides is 2. The normalized spacial score (nSPS) is 17.2. The summed E-state index contributed by atoms with van der Waals surface area (Å²) in [5.41, 5.74) is 4.46. The van der Waals surface area contributed by atoms with Crippen LogP contribution in [-0.2, 0) is 6.54 Å². The first-order chi connectivity index (χ1) is 15.2. The van der Waals surface area contributed by atoms with Crippen molar-refractivity contribution in [1.82, 2.24) is 20.5 Å². The molecule has 3 heterocycles. The molecule has 1 aromatic heterocycles. The van der Waals surface area contributed by atoms with Gasteiger partial charge in [-0.05, 0) is 48.7 Å². The summed E-state index contributed by atoms with van der Waals surface area (Å²) in [5, 5.41) is 9.04. The fourth-order valence-electron chi connectivity index (χ4n) is 4.10. The van der Waals surface area contributed by atoms with Crippen molar-refractivity contribution in [3.8, 4) is 0 Å².